The van der Waals surface area contributed by atoms with Crippen molar-refractivity contribution >= 4 is 0 Å². The van der Waals surface area contributed by atoms with E-state index in [1.165, 1.54) is 0 Å². The fourth-order valence-electron chi connectivity index (χ4n) is 1.27. The molecule has 2 heterocycles. The summed E-state index contributed by atoms with van der Waals surface area (Å²) >= 11 is 0. The van der Waals surface area contributed by atoms with Gasteiger partial charge in [0.15, 0.2) is 0 Å². The van der Waals surface area contributed by atoms with Gasteiger partial charge in [0.05, 0.1) is 6.04 Å². The van der Waals surface area contributed by atoms with Crippen LogP contribution in [0.1, 0.15) is 23.9 Å². The minimum atomic E-state index is -0.334. The highest BCUT2D eigenvalue weighted by molar-refractivity contribution is 5.41. The van der Waals surface area contributed by atoms with Crippen molar-refractivity contribution in [2.75, 3.05) is 0 Å². The van der Waals surface area contributed by atoms with Crippen molar-refractivity contribution in [3.05, 3.63) is 36.5 Å². The Labute approximate surface area is 98.6 Å². The Hall–Kier alpha value is -2.08. The molecule has 2 rings (SSSR count). The summed E-state index contributed by atoms with van der Waals surface area (Å²) in [5.74, 6) is 1.14. The average molecular weight is 231 g/mol. The van der Waals surface area contributed by atoms with Gasteiger partial charge in [-0.2, -0.15) is 4.98 Å². The van der Waals surface area contributed by atoms with Gasteiger partial charge in [-0.15, -0.1) is 6.58 Å². The van der Waals surface area contributed by atoms with Gasteiger partial charge in [-0.1, -0.05) is 11.2 Å². The first-order valence-electron chi connectivity index (χ1n) is 5.20. The summed E-state index contributed by atoms with van der Waals surface area (Å²) in [6.07, 6.45) is 5.68. The van der Waals surface area contributed by atoms with Crippen LogP contribution in [0.25, 0.3) is 11.6 Å². The summed E-state index contributed by atoms with van der Waals surface area (Å²) in [6, 6.07) is -0.334. The standard InChI is InChI=1S/C11H13N5O/c1-3-4-8(12)11-15-10(16-17-11)9-13-5-7(2)6-14-9/h3,5-6,8H,1,4,12H2,2H3. The summed E-state index contributed by atoms with van der Waals surface area (Å²) in [5.41, 5.74) is 6.79. The highest BCUT2D eigenvalue weighted by Gasteiger charge is 2.15. The van der Waals surface area contributed by atoms with Crippen molar-refractivity contribution in [1.82, 2.24) is 20.1 Å². The number of hydrogen-bond acceptors (Lipinski definition) is 6. The van der Waals surface area contributed by atoms with E-state index < -0.39 is 0 Å². The lowest BCUT2D eigenvalue weighted by molar-refractivity contribution is 0.355. The maximum Gasteiger partial charge on any atom is 0.244 e. The molecular weight excluding hydrogens is 218 g/mol. The Morgan fingerprint density at radius 2 is 2.12 bits per heavy atom. The predicted octanol–water partition coefficient (Wildman–Crippen LogP) is 1.41. The second kappa shape index (κ2) is 4.84. The molecule has 0 saturated carbocycles. The van der Waals surface area contributed by atoms with Crippen molar-refractivity contribution in [3.63, 3.8) is 0 Å². The molecule has 6 nitrogen and oxygen atoms in total. The van der Waals surface area contributed by atoms with Crippen LogP contribution >= 0.6 is 0 Å². The minimum Gasteiger partial charge on any atom is -0.337 e. The van der Waals surface area contributed by atoms with Crippen LogP contribution < -0.4 is 5.73 Å². The van der Waals surface area contributed by atoms with E-state index in [9.17, 15) is 0 Å². The van der Waals surface area contributed by atoms with E-state index in [4.69, 9.17) is 10.3 Å². The first kappa shape index (κ1) is 11.4. The lowest BCUT2D eigenvalue weighted by Crippen LogP contribution is -2.09. The van der Waals surface area contributed by atoms with Gasteiger partial charge in [0.25, 0.3) is 0 Å². The van der Waals surface area contributed by atoms with Gasteiger partial charge in [0.2, 0.25) is 17.5 Å². The zero-order valence-corrected chi connectivity index (χ0v) is 9.50. The fourth-order valence-corrected chi connectivity index (χ4v) is 1.27. The van der Waals surface area contributed by atoms with Gasteiger partial charge in [0.1, 0.15) is 0 Å². The minimum absolute atomic E-state index is 0.334. The van der Waals surface area contributed by atoms with E-state index in [0.717, 1.165) is 5.56 Å². The molecule has 0 spiro atoms. The van der Waals surface area contributed by atoms with Crippen LogP contribution in [0.15, 0.2) is 29.6 Å². The van der Waals surface area contributed by atoms with E-state index in [2.05, 4.69) is 26.7 Å². The third kappa shape index (κ3) is 2.54. The van der Waals surface area contributed by atoms with E-state index in [0.29, 0.717) is 24.0 Å². The van der Waals surface area contributed by atoms with Crippen LogP contribution in [0.4, 0.5) is 0 Å². The monoisotopic (exact) mass is 231 g/mol. The lowest BCUT2D eigenvalue weighted by atomic mass is 10.2. The zero-order valence-electron chi connectivity index (χ0n) is 9.50. The van der Waals surface area contributed by atoms with E-state index in [1.54, 1.807) is 18.5 Å². The van der Waals surface area contributed by atoms with Crippen LogP contribution in [0.3, 0.4) is 0 Å². The zero-order chi connectivity index (χ0) is 12.3. The third-order valence-electron chi connectivity index (χ3n) is 2.16. The van der Waals surface area contributed by atoms with Crippen LogP contribution in [-0.2, 0) is 0 Å². The first-order chi connectivity index (χ1) is 8.20. The Kier molecular flexibility index (Phi) is 3.24. The van der Waals surface area contributed by atoms with Crippen LogP contribution in [0.5, 0.6) is 0 Å². The molecule has 2 aromatic heterocycles. The van der Waals surface area contributed by atoms with Crippen LogP contribution in [-0.4, -0.2) is 20.1 Å². The molecule has 0 aromatic carbocycles. The molecule has 0 aliphatic rings. The highest BCUT2D eigenvalue weighted by atomic mass is 16.5. The molecule has 0 radical (unpaired) electrons. The molecule has 1 unspecified atom stereocenters. The number of hydrogen-bond donors (Lipinski definition) is 1. The molecule has 0 aliphatic heterocycles. The van der Waals surface area contributed by atoms with Gasteiger partial charge in [-0.05, 0) is 18.9 Å². The fraction of sp³-hybridized carbons (Fsp3) is 0.273. The van der Waals surface area contributed by atoms with Gasteiger partial charge in [-0.25, -0.2) is 9.97 Å². The summed E-state index contributed by atoms with van der Waals surface area (Å²) in [5, 5.41) is 3.79. The normalized spacial score (nSPS) is 12.4. The summed E-state index contributed by atoms with van der Waals surface area (Å²) < 4.78 is 5.05. The van der Waals surface area contributed by atoms with Crippen LogP contribution in [0, 0.1) is 6.92 Å². The lowest BCUT2D eigenvalue weighted by Gasteiger charge is -1.99. The number of nitrogens with two attached hydrogens (primary N) is 1. The van der Waals surface area contributed by atoms with Crippen molar-refractivity contribution in [2.24, 2.45) is 5.73 Å². The molecular formula is C11H13N5O. The van der Waals surface area contributed by atoms with Gasteiger partial charge in [0, 0.05) is 12.4 Å². The topological polar surface area (TPSA) is 90.7 Å². The summed E-state index contributed by atoms with van der Waals surface area (Å²) in [7, 11) is 0. The molecule has 1 atom stereocenters. The van der Waals surface area contributed by atoms with Crippen molar-refractivity contribution in [3.8, 4) is 11.6 Å². The van der Waals surface area contributed by atoms with Crippen molar-refractivity contribution < 1.29 is 4.52 Å². The van der Waals surface area contributed by atoms with E-state index >= 15 is 0 Å². The van der Waals surface area contributed by atoms with Crippen LogP contribution in [0.2, 0.25) is 0 Å². The maximum atomic E-state index is 5.81. The average Bonchev–Trinajstić information content (AvgIpc) is 2.80. The SMILES string of the molecule is C=CCC(N)c1nc(-c2ncc(C)cn2)no1. The smallest absolute Gasteiger partial charge is 0.244 e. The molecule has 17 heavy (non-hydrogen) atoms. The molecule has 0 fully saturated rings. The molecule has 6 heteroatoms. The van der Waals surface area contributed by atoms with E-state index in [1.807, 2.05) is 6.92 Å². The van der Waals surface area contributed by atoms with Crippen molar-refractivity contribution in [1.29, 1.82) is 0 Å². The molecule has 2 aromatic rings. The van der Waals surface area contributed by atoms with Crippen molar-refractivity contribution in [2.45, 2.75) is 19.4 Å². The Morgan fingerprint density at radius 1 is 1.41 bits per heavy atom. The second-order valence-electron chi connectivity index (χ2n) is 3.67. The highest BCUT2D eigenvalue weighted by Crippen LogP contribution is 2.16. The quantitative estimate of drug-likeness (QED) is 0.800. The van der Waals surface area contributed by atoms with Gasteiger partial charge >= 0.3 is 0 Å². The molecule has 0 bridgehead atoms. The number of rotatable bonds is 4. The van der Waals surface area contributed by atoms with Gasteiger partial charge < -0.3 is 10.3 Å². The molecule has 2 N–H and O–H groups in total. The number of aromatic nitrogens is 4. The Morgan fingerprint density at radius 3 is 2.76 bits per heavy atom. The Balaban J connectivity index is 2.23. The van der Waals surface area contributed by atoms with Gasteiger partial charge in [-0.3, -0.25) is 0 Å². The second-order valence-corrected chi connectivity index (χ2v) is 3.67. The molecule has 0 aliphatic carbocycles. The number of aryl methyl sites for hydroxylation is 1. The summed E-state index contributed by atoms with van der Waals surface area (Å²) in [4.78, 5) is 12.4. The summed E-state index contributed by atoms with van der Waals surface area (Å²) in [6.45, 7) is 5.51. The third-order valence-corrected chi connectivity index (χ3v) is 2.16. The largest absolute Gasteiger partial charge is 0.337 e. The Bertz CT molecular complexity index is 505. The predicted molar refractivity (Wildman–Crippen MR) is 61.8 cm³/mol. The number of nitrogens with zero attached hydrogens (tertiary/aromatic N) is 4. The maximum absolute atomic E-state index is 5.81. The first-order valence-corrected chi connectivity index (χ1v) is 5.20. The molecule has 0 saturated heterocycles. The van der Waals surface area contributed by atoms with E-state index in [-0.39, 0.29) is 6.04 Å². The molecule has 0 amide bonds. The molecule has 88 valence electrons.